The van der Waals surface area contributed by atoms with Crippen molar-refractivity contribution >= 4 is 34.7 Å². The van der Waals surface area contributed by atoms with Crippen LogP contribution in [-0.2, 0) is 14.3 Å². The lowest BCUT2D eigenvalue weighted by Crippen LogP contribution is -2.27. The van der Waals surface area contributed by atoms with Gasteiger partial charge in [-0.1, -0.05) is 12.1 Å². The van der Waals surface area contributed by atoms with Gasteiger partial charge >= 0.3 is 5.97 Å². The van der Waals surface area contributed by atoms with E-state index in [1.807, 2.05) is 0 Å². The first kappa shape index (κ1) is 28.6. The number of carbonyl (C=O) groups excluding carboxylic acids is 3. The number of nitro benzene ring substituents is 2. The Balaban J connectivity index is 1.12. The van der Waals surface area contributed by atoms with Crippen molar-refractivity contribution in [2.45, 2.75) is 6.42 Å². The summed E-state index contributed by atoms with van der Waals surface area (Å²) < 4.78 is 10.9. The smallest absolute Gasteiger partial charge is 0.311 e. The van der Waals surface area contributed by atoms with Gasteiger partial charge in [0.25, 0.3) is 11.4 Å². The number of amides is 1. The highest BCUT2D eigenvalue weighted by molar-refractivity contribution is 6.01. The van der Waals surface area contributed by atoms with Gasteiger partial charge < -0.3 is 14.4 Å². The van der Waals surface area contributed by atoms with Gasteiger partial charge in [0.1, 0.15) is 11.5 Å². The van der Waals surface area contributed by atoms with Crippen molar-refractivity contribution < 1.29 is 33.7 Å². The average Bonchev–Trinajstić information content (AvgIpc) is 3.42. The number of ether oxygens (including phenoxy) is 2. The third-order valence-corrected chi connectivity index (χ3v) is 6.85. The Bertz CT molecular complexity index is 1680. The minimum absolute atomic E-state index is 0.00740. The monoisotopic (exact) mass is 581 g/mol. The number of Topliss-reactive ketones (excluding diaryl/α,β-unsaturated/α-hetero) is 1. The largest absolute Gasteiger partial charge is 0.457 e. The number of anilines is 1. The van der Waals surface area contributed by atoms with E-state index in [-0.39, 0.29) is 30.2 Å². The van der Waals surface area contributed by atoms with Crippen LogP contribution >= 0.6 is 0 Å². The fraction of sp³-hybridized carbons (Fsp3) is 0.129. The van der Waals surface area contributed by atoms with Crippen molar-refractivity contribution in [1.29, 1.82) is 0 Å². The van der Waals surface area contributed by atoms with Crippen LogP contribution in [0, 0.1) is 26.1 Å². The summed E-state index contributed by atoms with van der Waals surface area (Å²) in [7, 11) is 0. The second-order valence-corrected chi connectivity index (χ2v) is 9.66. The molecule has 0 unspecified atom stereocenters. The summed E-state index contributed by atoms with van der Waals surface area (Å²) in [6.07, 6.45) is -0.0498. The Labute approximate surface area is 244 Å². The van der Waals surface area contributed by atoms with Crippen molar-refractivity contribution in [2.24, 2.45) is 5.92 Å². The van der Waals surface area contributed by atoms with Crippen LogP contribution in [0.3, 0.4) is 0 Å². The van der Waals surface area contributed by atoms with E-state index < -0.39 is 34.1 Å². The molecule has 1 fully saturated rings. The van der Waals surface area contributed by atoms with Crippen molar-refractivity contribution in [3.63, 3.8) is 0 Å². The molecule has 0 bridgehead atoms. The maximum Gasteiger partial charge on any atom is 0.311 e. The number of nitro groups is 2. The maximum absolute atomic E-state index is 12.7. The number of ketones is 1. The molecule has 0 saturated carbocycles. The fourth-order valence-electron chi connectivity index (χ4n) is 4.54. The molecule has 43 heavy (non-hydrogen) atoms. The molecular formula is C31H23N3O9. The molecule has 4 aromatic carbocycles. The number of hydrogen-bond donors (Lipinski definition) is 0. The fourth-order valence-corrected chi connectivity index (χ4v) is 4.54. The molecule has 12 heteroatoms. The topological polar surface area (TPSA) is 159 Å². The Hall–Kier alpha value is -5.91. The summed E-state index contributed by atoms with van der Waals surface area (Å²) in [4.78, 5) is 60.1. The standard InChI is InChI=1S/C31H23N3O9/c35-29(22-5-13-27(14-6-22)43-28-15-11-26(12-16-28)34(40)41)19-42-31(37)23-17-30(36)32(18-23)24-7-1-20(2-8-24)21-3-9-25(10-4-21)33(38)39/h1-16,23H,17-19H2/t23-/m1/s1. The van der Waals surface area contributed by atoms with Gasteiger partial charge in [-0.2, -0.15) is 0 Å². The molecule has 0 radical (unpaired) electrons. The Morgan fingerprint density at radius 1 is 0.744 bits per heavy atom. The number of nitrogens with zero attached hydrogens (tertiary/aromatic N) is 3. The molecule has 216 valence electrons. The molecule has 1 aliphatic rings. The highest BCUT2D eigenvalue weighted by Gasteiger charge is 2.36. The SMILES string of the molecule is O=C(COC(=O)[C@@H]1CC(=O)N(c2ccc(-c3ccc([N+](=O)[O-])cc3)cc2)C1)c1ccc(Oc2ccc([N+](=O)[O-])cc2)cc1. The lowest BCUT2D eigenvalue weighted by Gasteiger charge is -2.17. The van der Waals surface area contributed by atoms with Gasteiger partial charge in [0.05, 0.1) is 15.8 Å². The van der Waals surface area contributed by atoms with Gasteiger partial charge in [0.2, 0.25) is 5.91 Å². The van der Waals surface area contributed by atoms with Gasteiger partial charge in [-0.15, -0.1) is 0 Å². The molecule has 1 saturated heterocycles. The molecule has 1 amide bonds. The molecular weight excluding hydrogens is 558 g/mol. The number of hydrogen-bond acceptors (Lipinski definition) is 9. The average molecular weight is 582 g/mol. The molecule has 0 N–H and O–H groups in total. The number of rotatable bonds is 10. The summed E-state index contributed by atoms with van der Waals surface area (Å²) >= 11 is 0. The summed E-state index contributed by atoms with van der Waals surface area (Å²) in [5, 5.41) is 21.6. The second-order valence-electron chi connectivity index (χ2n) is 9.66. The minimum atomic E-state index is -0.730. The van der Waals surface area contributed by atoms with Crippen LogP contribution in [0.15, 0.2) is 97.1 Å². The zero-order chi connectivity index (χ0) is 30.5. The van der Waals surface area contributed by atoms with Crippen LogP contribution in [0.2, 0.25) is 0 Å². The van der Waals surface area contributed by atoms with Gasteiger partial charge in [-0.05, 0) is 71.8 Å². The van der Waals surface area contributed by atoms with E-state index in [0.717, 1.165) is 11.1 Å². The summed E-state index contributed by atoms with van der Waals surface area (Å²) in [5.74, 6) is -1.26. The first-order valence-electron chi connectivity index (χ1n) is 13.1. The van der Waals surface area contributed by atoms with Crippen LogP contribution in [0.25, 0.3) is 11.1 Å². The van der Waals surface area contributed by atoms with Crippen LogP contribution in [-0.4, -0.2) is 40.7 Å². The number of carbonyl (C=O) groups is 3. The van der Waals surface area contributed by atoms with Gasteiger partial charge in [0.15, 0.2) is 12.4 Å². The van der Waals surface area contributed by atoms with Gasteiger partial charge in [-0.25, -0.2) is 0 Å². The molecule has 0 aliphatic carbocycles. The number of esters is 1. The van der Waals surface area contributed by atoms with Crippen molar-refractivity contribution in [3.8, 4) is 22.6 Å². The van der Waals surface area contributed by atoms with E-state index in [9.17, 15) is 34.6 Å². The van der Waals surface area contributed by atoms with E-state index in [2.05, 4.69) is 0 Å². The van der Waals surface area contributed by atoms with Crippen LogP contribution in [0.5, 0.6) is 11.5 Å². The quantitative estimate of drug-likeness (QED) is 0.0984. The van der Waals surface area contributed by atoms with E-state index >= 15 is 0 Å². The first-order valence-corrected chi connectivity index (χ1v) is 13.1. The van der Waals surface area contributed by atoms with Gasteiger partial charge in [0, 0.05) is 48.5 Å². The van der Waals surface area contributed by atoms with E-state index in [4.69, 9.17) is 9.47 Å². The van der Waals surface area contributed by atoms with Crippen molar-refractivity contribution in [3.05, 3.63) is 123 Å². The molecule has 1 heterocycles. The third kappa shape index (κ3) is 6.70. The molecule has 4 aromatic rings. The Kier molecular flexibility index (Phi) is 8.19. The Morgan fingerprint density at radius 2 is 1.23 bits per heavy atom. The number of benzene rings is 4. The van der Waals surface area contributed by atoms with Crippen molar-refractivity contribution in [2.75, 3.05) is 18.1 Å². The van der Waals surface area contributed by atoms with E-state index in [1.165, 1.54) is 53.4 Å². The lowest BCUT2D eigenvalue weighted by atomic mass is 10.0. The summed E-state index contributed by atoms with van der Waals surface area (Å²) in [6.45, 7) is -0.382. The summed E-state index contributed by atoms with van der Waals surface area (Å²) in [5.41, 5.74) is 2.41. The van der Waals surface area contributed by atoms with E-state index in [1.54, 1.807) is 48.5 Å². The lowest BCUT2D eigenvalue weighted by molar-refractivity contribution is -0.385. The molecule has 5 rings (SSSR count). The predicted octanol–water partition coefficient (Wildman–Crippen LogP) is 5.74. The molecule has 12 nitrogen and oxygen atoms in total. The third-order valence-electron chi connectivity index (χ3n) is 6.85. The summed E-state index contributed by atoms with van der Waals surface area (Å²) in [6, 6.07) is 24.9. The normalized spacial score (nSPS) is 14.3. The molecule has 0 spiro atoms. The molecule has 1 atom stereocenters. The minimum Gasteiger partial charge on any atom is -0.457 e. The number of non-ortho nitro benzene ring substituents is 2. The van der Waals surface area contributed by atoms with Gasteiger partial charge in [-0.3, -0.25) is 34.6 Å². The molecule has 0 aromatic heterocycles. The van der Waals surface area contributed by atoms with Crippen LogP contribution in [0.1, 0.15) is 16.8 Å². The zero-order valence-electron chi connectivity index (χ0n) is 22.5. The second kappa shape index (κ2) is 12.3. The zero-order valence-corrected chi connectivity index (χ0v) is 22.5. The Morgan fingerprint density at radius 3 is 1.77 bits per heavy atom. The van der Waals surface area contributed by atoms with Crippen LogP contribution < -0.4 is 9.64 Å². The molecule has 1 aliphatic heterocycles. The van der Waals surface area contributed by atoms with Crippen LogP contribution in [0.4, 0.5) is 17.1 Å². The van der Waals surface area contributed by atoms with E-state index in [0.29, 0.717) is 22.7 Å². The first-order chi connectivity index (χ1) is 20.7. The van der Waals surface area contributed by atoms with Crippen molar-refractivity contribution in [1.82, 2.24) is 0 Å². The predicted molar refractivity (Wildman–Crippen MR) is 154 cm³/mol. The highest BCUT2D eigenvalue weighted by atomic mass is 16.6. The maximum atomic E-state index is 12.7. The highest BCUT2D eigenvalue weighted by Crippen LogP contribution is 2.30.